The van der Waals surface area contributed by atoms with E-state index in [4.69, 9.17) is 5.11 Å². The number of thiazole rings is 1. The van der Waals surface area contributed by atoms with Gasteiger partial charge >= 0.3 is 5.97 Å². The van der Waals surface area contributed by atoms with Crippen molar-refractivity contribution in [2.24, 2.45) is 0 Å². The second kappa shape index (κ2) is 6.26. The molecule has 5 nitrogen and oxygen atoms in total. The average molecular weight is 269 g/mol. The third-order valence-corrected chi connectivity index (χ3v) is 4.25. The molecule has 0 aromatic carbocycles. The first kappa shape index (κ1) is 13.5. The van der Waals surface area contributed by atoms with E-state index in [0.717, 1.165) is 54.7 Å². The Hall–Kier alpha value is -0.980. The zero-order chi connectivity index (χ0) is 13.0. The molecule has 6 heteroatoms. The highest BCUT2D eigenvalue weighted by atomic mass is 32.1. The van der Waals surface area contributed by atoms with Crippen LogP contribution in [0.15, 0.2) is 0 Å². The molecule has 0 radical (unpaired) electrons. The van der Waals surface area contributed by atoms with Crippen LogP contribution in [0.5, 0.6) is 0 Å². The number of aliphatic carboxylic acids is 1. The molecule has 0 spiro atoms. The van der Waals surface area contributed by atoms with Crippen molar-refractivity contribution in [1.29, 1.82) is 0 Å². The van der Waals surface area contributed by atoms with Gasteiger partial charge in [0.25, 0.3) is 0 Å². The van der Waals surface area contributed by atoms with Crippen molar-refractivity contribution in [2.45, 2.75) is 26.3 Å². The van der Waals surface area contributed by atoms with Crippen LogP contribution in [0.1, 0.15) is 22.5 Å². The van der Waals surface area contributed by atoms with Crippen LogP contribution < -0.4 is 5.32 Å². The number of aromatic nitrogens is 1. The summed E-state index contributed by atoms with van der Waals surface area (Å²) in [4.78, 5) is 18.8. The highest BCUT2D eigenvalue weighted by Crippen LogP contribution is 2.22. The van der Waals surface area contributed by atoms with Gasteiger partial charge in [0, 0.05) is 37.6 Å². The van der Waals surface area contributed by atoms with Gasteiger partial charge < -0.3 is 10.4 Å². The monoisotopic (exact) mass is 269 g/mol. The van der Waals surface area contributed by atoms with Crippen LogP contribution in [0.3, 0.4) is 0 Å². The molecule has 0 unspecified atom stereocenters. The summed E-state index contributed by atoms with van der Waals surface area (Å²) in [6.45, 7) is 6.94. The first-order valence-electron chi connectivity index (χ1n) is 6.31. The fourth-order valence-electron chi connectivity index (χ4n) is 2.07. The summed E-state index contributed by atoms with van der Waals surface area (Å²) in [5.41, 5.74) is 0.753. The van der Waals surface area contributed by atoms with Crippen LogP contribution in [0.4, 0.5) is 0 Å². The molecule has 1 aliphatic heterocycles. The van der Waals surface area contributed by atoms with Gasteiger partial charge in [0.1, 0.15) is 0 Å². The van der Waals surface area contributed by atoms with Crippen molar-refractivity contribution in [3.05, 3.63) is 15.6 Å². The van der Waals surface area contributed by atoms with Gasteiger partial charge in [-0.1, -0.05) is 6.92 Å². The standard InChI is InChI=1S/C12H19N3O2S/c1-2-11-14-9(7-12(16)17)10(18-11)8-15-5-3-13-4-6-15/h13H,2-8H2,1H3,(H,16,17). The largest absolute Gasteiger partial charge is 0.481 e. The van der Waals surface area contributed by atoms with E-state index in [-0.39, 0.29) is 6.42 Å². The summed E-state index contributed by atoms with van der Waals surface area (Å²) in [6.07, 6.45) is 0.913. The third kappa shape index (κ3) is 3.51. The summed E-state index contributed by atoms with van der Waals surface area (Å²) < 4.78 is 0. The Labute approximate surface area is 111 Å². The number of piperazine rings is 1. The molecule has 0 bridgehead atoms. The van der Waals surface area contributed by atoms with E-state index in [2.05, 4.69) is 22.1 Å². The number of carbonyl (C=O) groups is 1. The van der Waals surface area contributed by atoms with Gasteiger partial charge in [-0.05, 0) is 6.42 Å². The zero-order valence-electron chi connectivity index (χ0n) is 10.6. The molecule has 0 amide bonds. The van der Waals surface area contributed by atoms with Crippen molar-refractivity contribution in [2.75, 3.05) is 26.2 Å². The lowest BCUT2D eigenvalue weighted by molar-refractivity contribution is -0.136. The van der Waals surface area contributed by atoms with Crippen LogP contribution in [-0.4, -0.2) is 47.1 Å². The number of carboxylic acids is 1. The Kier molecular flexibility index (Phi) is 4.68. The van der Waals surface area contributed by atoms with E-state index in [0.29, 0.717) is 0 Å². The molecule has 2 heterocycles. The van der Waals surface area contributed by atoms with E-state index >= 15 is 0 Å². The number of hydrogen-bond acceptors (Lipinski definition) is 5. The molecule has 100 valence electrons. The second-order valence-corrected chi connectivity index (χ2v) is 5.60. The highest BCUT2D eigenvalue weighted by molar-refractivity contribution is 7.11. The van der Waals surface area contributed by atoms with Crippen LogP contribution in [0.25, 0.3) is 0 Å². The van der Waals surface area contributed by atoms with Crippen molar-refractivity contribution in [3.8, 4) is 0 Å². The Balaban J connectivity index is 2.08. The number of nitrogens with zero attached hydrogens (tertiary/aromatic N) is 2. The molecule has 18 heavy (non-hydrogen) atoms. The fourth-order valence-corrected chi connectivity index (χ4v) is 3.13. The number of nitrogens with one attached hydrogen (secondary N) is 1. The molecule has 0 atom stereocenters. The molecule has 1 aliphatic rings. The lowest BCUT2D eigenvalue weighted by Gasteiger charge is -2.26. The Morgan fingerprint density at radius 3 is 2.83 bits per heavy atom. The Bertz CT molecular complexity index is 413. The number of aryl methyl sites for hydroxylation is 1. The van der Waals surface area contributed by atoms with Crippen molar-refractivity contribution in [3.63, 3.8) is 0 Å². The molecule has 1 aromatic rings. The summed E-state index contributed by atoms with van der Waals surface area (Å²) in [5, 5.41) is 13.3. The van der Waals surface area contributed by atoms with Gasteiger partial charge in [0.2, 0.25) is 0 Å². The quantitative estimate of drug-likeness (QED) is 0.825. The van der Waals surface area contributed by atoms with Gasteiger partial charge in [0.05, 0.1) is 17.1 Å². The summed E-state index contributed by atoms with van der Waals surface area (Å²) in [7, 11) is 0. The van der Waals surface area contributed by atoms with Crippen molar-refractivity contribution in [1.82, 2.24) is 15.2 Å². The Morgan fingerprint density at radius 2 is 2.22 bits per heavy atom. The molecular formula is C12H19N3O2S. The predicted octanol–water partition coefficient (Wildman–Crippen LogP) is 0.738. The minimum atomic E-state index is -0.801. The molecule has 0 saturated carbocycles. The van der Waals surface area contributed by atoms with Crippen LogP contribution in [0.2, 0.25) is 0 Å². The van der Waals surface area contributed by atoms with Gasteiger partial charge in [-0.25, -0.2) is 4.98 Å². The van der Waals surface area contributed by atoms with Crippen molar-refractivity contribution >= 4 is 17.3 Å². The van der Waals surface area contributed by atoms with Crippen LogP contribution in [-0.2, 0) is 24.2 Å². The predicted molar refractivity (Wildman–Crippen MR) is 71.0 cm³/mol. The number of rotatable bonds is 5. The second-order valence-electron chi connectivity index (χ2n) is 4.43. The maximum absolute atomic E-state index is 10.9. The lowest BCUT2D eigenvalue weighted by Crippen LogP contribution is -2.42. The van der Waals surface area contributed by atoms with Gasteiger partial charge in [0.15, 0.2) is 0 Å². The van der Waals surface area contributed by atoms with E-state index in [1.165, 1.54) is 0 Å². The van der Waals surface area contributed by atoms with Crippen LogP contribution >= 0.6 is 11.3 Å². The van der Waals surface area contributed by atoms with Gasteiger partial charge in [-0.3, -0.25) is 9.69 Å². The lowest BCUT2D eigenvalue weighted by atomic mass is 10.2. The first-order chi connectivity index (χ1) is 8.69. The summed E-state index contributed by atoms with van der Waals surface area (Å²) in [6, 6.07) is 0. The molecule has 0 aliphatic carbocycles. The molecule has 2 rings (SSSR count). The summed E-state index contributed by atoms with van der Waals surface area (Å²) >= 11 is 1.66. The third-order valence-electron chi connectivity index (χ3n) is 3.02. The maximum atomic E-state index is 10.9. The topological polar surface area (TPSA) is 65.5 Å². The summed E-state index contributed by atoms with van der Waals surface area (Å²) in [5.74, 6) is -0.801. The molecule has 2 N–H and O–H groups in total. The van der Waals surface area contributed by atoms with Gasteiger partial charge in [-0.2, -0.15) is 0 Å². The number of carboxylic acid groups (broad SMARTS) is 1. The smallest absolute Gasteiger partial charge is 0.309 e. The molecule has 1 aromatic heterocycles. The zero-order valence-corrected chi connectivity index (χ0v) is 11.4. The van der Waals surface area contributed by atoms with E-state index in [1.807, 2.05) is 0 Å². The molecular weight excluding hydrogens is 250 g/mol. The normalized spacial score (nSPS) is 16.9. The van der Waals surface area contributed by atoms with Gasteiger partial charge in [-0.15, -0.1) is 11.3 Å². The van der Waals surface area contributed by atoms with Crippen LogP contribution in [0, 0.1) is 0 Å². The average Bonchev–Trinajstić information content (AvgIpc) is 2.72. The maximum Gasteiger partial charge on any atom is 0.309 e. The first-order valence-corrected chi connectivity index (χ1v) is 7.13. The molecule has 1 fully saturated rings. The van der Waals surface area contributed by atoms with E-state index < -0.39 is 5.97 Å². The Morgan fingerprint density at radius 1 is 1.50 bits per heavy atom. The van der Waals surface area contributed by atoms with Crippen molar-refractivity contribution < 1.29 is 9.90 Å². The SMILES string of the molecule is CCc1nc(CC(=O)O)c(CN2CCNCC2)s1. The highest BCUT2D eigenvalue weighted by Gasteiger charge is 2.17. The number of hydrogen-bond donors (Lipinski definition) is 2. The minimum absolute atomic E-state index is 0.0396. The van der Waals surface area contributed by atoms with E-state index in [9.17, 15) is 4.79 Å². The fraction of sp³-hybridized carbons (Fsp3) is 0.667. The minimum Gasteiger partial charge on any atom is -0.481 e. The molecule has 1 saturated heterocycles. The van der Waals surface area contributed by atoms with E-state index in [1.54, 1.807) is 11.3 Å².